The van der Waals surface area contributed by atoms with E-state index in [0.29, 0.717) is 45.5 Å². The number of aromatic nitrogens is 10. The summed E-state index contributed by atoms with van der Waals surface area (Å²) in [5.74, 6) is 0.843. The molecule has 6 heterocycles. The molecule has 0 spiro atoms. The molecule has 0 saturated heterocycles. The molecule has 336 valence electrons. The number of carbonyl (C=O) groups is 4. The number of carbonyl (C=O) groups excluding carboxylic acids is 4. The maximum absolute atomic E-state index is 12.2. The third-order valence-electron chi connectivity index (χ3n) is 8.30. The number of hydrogen-bond acceptors (Lipinski definition) is 16. The Morgan fingerprint density at radius 3 is 1.58 bits per heavy atom. The molecule has 0 unspecified atom stereocenters. The summed E-state index contributed by atoms with van der Waals surface area (Å²) in [4.78, 5) is 65.0. The Hall–Kier alpha value is -7.43. The number of anilines is 6. The molecule has 65 heavy (non-hydrogen) atoms. The molecule has 20 nitrogen and oxygen atoms in total. The van der Waals surface area contributed by atoms with E-state index in [4.69, 9.17) is 21.1 Å². The minimum absolute atomic E-state index is 0.0584. The highest BCUT2D eigenvalue weighted by Gasteiger charge is 2.18. The average Bonchev–Trinajstić information content (AvgIpc) is 4.07. The fourth-order valence-corrected chi connectivity index (χ4v) is 6.77. The molecule has 0 aliphatic rings. The molecule has 0 bridgehead atoms. The van der Waals surface area contributed by atoms with E-state index in [9.17, 15) is 19.2 Å². The number of hydrogen-bond donors (Lipinski definition) is 7. The zero-order chi connectivity index (χ0) is 46.6. The summed E-state index contributed by atoms with van der Waals surface area (Å²) >= 11 is 11.5. The van der Waals surface area contributed by atoms with Crippen molar-refractivity contribution in [2.24, 2.45) is 0 Å². The molecule has 8 aromatic rings. The SMILES string of the molecule is CC(=O)Nc1ccc(S)cc1.CCOC(=O)c1cn2c(Nc3cc(C)[nH]n3)nc(Cl)cc2n1.CCOC(=O)c1cn2c(Nc3cc(C)[nH]n3)nc(Sc3ccc(NC(C)=O)cc3)cc2n1. The van der Waals surface area contributed by atoms with Crippen LogP contribution in [0.3, 0.4) is 0 Å². The van der Waals surface area contributed by atoms with Crippen molar-refractivity contribution in [3.63, 3.8) is 0 Å². The molecule has 23 heteroatoms. The number of benzene rings is 2. The van der Waals surface area contributed by atoms with Gasteiger partial charge in [-0.15, -0.1) is 12.6 Å². The van der Waals surface area contributed by atoms with E-state index in [1.807, 2.05) is 74.5 Å². The molecule has 6 N–H and O–H groups in total. The van der Waals surface area contributed by atoms with Crippen LogP contribution in [0.5, 0.6) is 0 Å². The number of amides is 2. The molecular formula is C42H43ClN14O6S2. The quantitative estimate of drug-likeness (QED) is 0.0347. The van der Waals surface area contributed by atoms with Crippen molar-refractivity contribution in [1.82, 2.24) is 49.1 Å². The van der Waals surface area contributed by atoms with Crippen LogP contribution >= 0.6 is 36.0 Å². The number of nitrogens with one attached hydrogen (secondary N) is 6. The molecule has 2 aromatic carbocycles. The van der Waals surface area contributed by atoms with Gasteiger partial charge in [-0.2, -0.15) is 10.2 Å². The Kier molecular flexibility index (Phi) is 15.8. The zero-order valence-corrected chi connectivity index (χ0v) is 38.2. The van der Waals surface area contributed by atoms with Gasteiger partial charge in [0.25, 0.3) is 0 Å². The molecular weight excluding hydrogens is 896 g/mol. The normalized spacial score (nSPS) is 10.6. The molecule has 0 saturated carbocycles. The van der Waals surface area contributed by atoms with Crippen LogP contribution in [0.15, 0.2) is 100 Å². The predicted octanol–water partition coefficient (Wildman–Crippen LogP) is 8.06. The minimum atomic E-state index is -0.500. The van der Waals surface area contributed by atoms with Crippen LogP contribution in [-0.4, -0.2) is 86.1 Å². The summed E-state index contributed by atoms with van der Waals surface area (Å²) in [6.45, 7) is 10.7. The summed E-state index contributed by atoms with van der Waals surface area (Å²) in [6.07, 6.45) is 3.12. The van der Waals surface area contributed by atoms with Crippen molar-refractivity contribution < 1.29 is 28.7 Å². The van der Waals surface area contributed by atoms with Crippen molar-refractivity contribution in [3.8, 4) is 0 Å². The second kappa shape index (κ2) is 21.8. The van der Waals surface area contributed by atoms with Gasteiger partial charge in [0.15, 0.2) is 23.0 Å². The van der Waals surface area contributed by atoms with Crippen molar-refractivity contribution in [1.29, 1.82) is 0 Å². The molecule has 6 aromatic heterocycles. The van der Waals surface area contributed by atoms with Gasteiger partial charge in [-0.1, -0.05) is 23.4 Å². The first-order valence-electron chi connectivity index (χ1n) is 19.7. The van der Waals surface area contributed by atoms with Gasteiger partial charge in [0.05, 0.1) is 13.2 Å². The molecule has 2 amide bonds. The summed E-state index contributed by atoms with van der Waals surface area (Å²) < 4.78 is 13.3. The summed E-state index contributed by atoms with van der Waals surface area (Å²) in [5, 5.41) is 26.5. The van der Waals surface area contributed by atoms with Crippen LogP contribution < -0.4 is 21.3 Å². The highest BCUT2D eigenvalue weighted by atomic mass is 35.5. The Balaban J connectivity index is 0.000000182. The third-order valence-corrected chi connectivity index (χ3v) is 9.72. The number of aryl methyl sites for hydroxylation is 2. The number of esters is 2. The number of fused-ring (bicyclic) bond motifs is 2. The van der Waals surface area contributed by atoms with E-state index in [2.05, 4.69) is 74.2 Å². The van der Waals surface area contributed by atoms with Crippen LogP contribution in [0, 0.1) is 13.8 Å². The number of ether oxygens (including phenoxy) is 2. The first-order chi connectivity index (χ1) is 31.2. The van der Waals surface area contributed by atoms with Crippen molar-refractivity contribution in [3.05, 3.63) is 113 Å². The summed E-state index contributed by atoms with van der Waals surface area (Å²) in [7, 11) is 0. The second-order valence-corrected chi connectivity index (χ2v) is 15.6. The van der Waals surface area contributed by atoms with Crippen LogP contribution in [-0.2, 0) is 19.1 Å². The first-order valence-corrected chi connectivity index (χ1v) is 21.3. The smallest absolute Gasteiger partial charge is 0.358 e. The van der Waals surface area contributed by atoms with Crippen molar-refractivity contribution in [2.45, 2.75) is 56.4 Å². The predicted molar refractivity (Wildman–Crippen MR) is 249 cm³/mol. The van der Waals surface area contributed by atoms with E-state index in [-0.39, 0.29) is 41.6 Å². The summed E-state index contributed by atoms with van der Waals surface area (Å²) in [6, 6.07) is 21.7. The fraction of sp³-hybridized carbons (Fsp3) is 0.190. The molecule has 0 aliphatic heterocycles. The molecule has 8 rings (SSSR count). The van der Waals surface area contributed by atoms with E-state index in [0.717, 1.165) is 26.9 Å². The highest BCUT2D eigenvalue weighted by Crippen LogP contribution is 2.30. The van der Waals surface area contributed by atoms with E-state index in [1.54, 1.807) is 47.2 Å². The zero-order valence-electron chi connectivity index (χ0n) is 35.8. The van der Waals surface area contributed by atoms with Gasteiger partial charge in [0, 0.05) is 83.1 Å². The number of nitrogens with zero attached hydrogens (tertiary/aromatic N) is 8. The molecule has 0 aliphatic carbocycles. The Morgan fingerprint density at radius 2 is 1.14 bits per heavy atom. The van der Waals surface area contributed by atoms with Gasteiger partial charge < -0.3 is 30.7 Å². The van der Waals surface area contributed by atoms with Crippen molar-refractivity contribution >= 4 is 106 Å². The van der Waals surface area contributed by atoms with E-state index in [1.165, 1.54) is 25.6 Å². The number of halogens is 1. The van der Waals surface area contributed by atoms with Gasteiger partial charge in [-0.3, -0.25) is 28.6 Å². The lowest BCUT2D eigenvalue weighted by Crippen LogP contribution is -2.05. The molecule has 0 radical (unpaired) electrons. The maximum Gasteiger partial charge on any atom is 0.358 e. The fourth-order valence-electron chi connectivity index (χ4n) is 5.63. The maximum atomic E-state index is 12.2. The number of aromatic amines is 2. The monoisotopic (exact) mass is 938 g/mol. The Labute approximate surface area is 386 Å². The summed E-state index contributed by atoms with van der Waals surface area (Å²) in [5.41, 5.74) is 4.71. The van der Waals surface area contributed by atoms with Gasteiger partial charge in [0.1, 0.15) is 21.5 Å². The van der Waals surface area contributed by atoms with Gasteiger partial charge in [-0.05, 0) is 76.2 Å². The molecule has 0 fully saturated rings. The third kappa shape index (κ3) is 13.3. The molecule has 0 atom stereocenters. The lowest BCUT2D eigenvalue weighted by Gasteiger charge is -2.09. The Morgan fingerprint density at radius 1 is 0.677 bits per heavy atom. The van der Waals surface area contributed by atoms with Gasteiger partial charge >= 0.3 is 11.9 Å². The van der Waals surface area contributed by atoms with Crippen LogP contribution in [0.4, 0.5) is 34.9 Å². The van der Waals surface area contributed by atoms with Gasteiger partial charge in [-0.25, -0.2) is 29.5 Å². The second-order valence-electron chi connectivity index (χ2n) is 13.6. The van der Waals surface area contributed by atoms with E-state index >= 15 is 0 Å². The Bertz CT molecular complexity index is 2950. The van der Waals surface area contributed by atoms with Crippen LogP contribution in [0.2, 0.25) is 5.15 Å². The van der Waals surface area contributed by atoms with Crippen LogP contribution in [0.1, 0.15) is 60.1 Å². The largest absolute Gasteiger partial charge is 0.461 e. The van der Waals surface area contributed by atoms with E-state index < -0.39 is 11.9 Å². The topological polar surface area (TPSA) is 253 Å². The number of H-pyrrole nitrogens is 2. The number of rotatable bonds is 12. The lowest BCUT2D eigenvalue weighted by molar-refractivity contribution is -0.115. The standard InChI is InChI=1S/C21H21N7O3S.C13H13ClN6O2.C8H9NOS/c1-4-31-20(30)16-11-28-18(23-16)10-19(25-21(28)24-17-9-12(2)26-27-17)32-15-7-5-14(6-8-15)22-13(3)29;1-3-22-12(21)8-6-20-11(15-8)5-9(14)16-13(20)17-10-4-7(2)18-19-10;1-6(10)9-7-2-4-8(11)5-3-7/h5-11H,4H2,1-3H3,(H,22,29)(H2,24,25,26,27);4-6H,3H2,1-2H3,(H2,16,17,18,19);2-5,11H,1H3,(H,9,10). The minimum Gasteiger partial charge on any atom is -0.461 e. The van der Waals surface area contributed by atoms with Crippen LogP contribution in [0.25, 0.3) is 11.3 Å². The average molecular weight is 939 g/mol. The van der Waals surface area contributed by atoms with Gasteiger partial charge in [0.2, 0.25) is 23.7 Å². The lowest BCUT2D eigenvalue weighted by atomic mass is 10.3. The number of thiol groups is 1. The number of imidazole rings is 2. The highest BCUT2D eigenvalue weighted by molar-refractivity contribution is 7.99. The van der Waals surface area contributed by atoms with Crippen molar-refractivity contribution in [2.75, 3.05) is 34.5 Å². The first kappa shape index (κ1) is 47.1.